The summed E-state index contributed by atoms with van der Waals surface area (Å²) in [6, 6.07) is 5.64. The molecule has 1 amide bonds. The van der Waals surface area contributed by atoms with Gasteiger partial charge in [-0.25, -0.2) is 0 Å². The van der Waals surface area contributed by atoms with Crippen LogP contribution < -0.4 is 5.73 Å². The van der Waals surface area contributed by atoms with Crippen LogP contribution in [0.5, 0.6) is 0 Å². The van der Waals surface area contributed by atoms with Crippen molar-refractivity contribution in [2.75, 3.05) is 25.5 Å². The van der Waals surface area contributed by atoms with E-state index in [4.69, 9.17) is 10.5 Å². The van der Waals surface area contributed by atoms with Crippen molar-refractivity contribution in [3.63, 3.8) is 0 Å². The van der Waals surface area contributed by atoms with Gasteiger partial charge in [-0.3, -0.25) is 4.79 Å². The Morgan fingerprint density at radius 1 is 1.56 bits per heavy atom. The molecule has 1 aliphatic heterocycles. The Balaban J connectivity index is 2.21. The summed E-state index contributed by atoms with van der Waals surface area (Å²) < 4.78 is 5.42. The van der Waals surface area contributed by atoms with E-state index in [0.717, 1.165) is 17.7 Å². The van der Waals surface area contributed by atoms with E-state index in [1.807, 2.05) is 17.9 Å². The van der Waals surface area contributed by atoms with Crippen LogP contribution in [-0.4, -0.2) is 36.6 Å². The molecule has 0 spiro atoms. The molecule has 1 aliphatic rings. The van der Waals surface area contributed by atoms with Gasteiger partial charge in [-0.2, -0.15) is 0 Å². The molecular weight excluding hydrogens is 228 g/mol. The molecule has 1 aromatic rings. The van der Waals surface area contributed by atoms with Gasteiger partial charge in [-0.1, -0.05) is 6.92 Å². The first-order valence-electron chi connectivity index (χ1n) is 6.38. The Kier molecular flexibility index (Phi) is 3.87. The number of rotatable bonds is 2. The summed E-state index contributed by atoms with van der Waals surface area (Å²) in [6.45, 7) is 5.92. The fourth-order valence-corrected chi connectivity index (χ4v) is 2.23. The molecule has 4 nitrogen and oxygen atoms in total. The molecule has 0 bridgehead atoms. The number of carbonyl (C=O) groups is 1. The molecule has 1 heterocycles. The van der Waals surface area contributed by atoms with Crippen LogP contribution in [0.4, 0.5) is 5.69 Å². The largest absolute Gasteiger partial charge is 0.399 e. The maximum absolute atomic E-state index is 12.5. The molecule has 98 valence electrons. The van der Waals surface area contributed by atoms with Gasteiger partial charge in [0.25, 0.3) is 5.91 Å². The van der Waals surface area contributed by atoms with E-state index in [1.165, 1.54) is 0 Å². The zero-order valence-electron chi connectivity index (χ0n) is 11.0. The standard InChI is InChI=1S/C14H20N2O2/c1-3-12-9-18-7-6-16(12)14(17)11-4-5-13(15)10(2)8-11/h4-5,8,12H,3,6-7,9,15H2,1-2H3. The summed E-state index contributed by atoms with van der Waals surface area (Å²) in [5.74, 6) is 0.0771. The van der Waals surface area contributed by atoms with Crippen LogP contribution in [0.1, 0.15) is 29.3 Å². The van der Waals surface area contributed by atoms with E-state index >= 15 is 0 Å². The number of nitrogen functional groups attached to an aromatic ring is 1. The average molecular weight is 248 g/mol. The van der Waals surface area contributed by atoms with E-state index in [2.05, 4.69) is 6.92 Å². The molecule has 0 aliphatic carbocycles. The number of anilines is 1. The fourth-order valence-electron chi connectivity index (χ4n) is 2.23. The number of nitrogens with zero attached hydrogens (tertiary/aromatic N) is 1. The van der Waals surface area contributed by atoms with Gasteiger partial charge in [0, 0.05) is 17.8 Å². The molecule has 0 saturated carbocycles. The maximum Gasteiger partial charge on any atom is 0.254 e. The van der Waals surface area contributed by atoms with Crippen molar-refractivity contribution >= 4 is 11.6 Å². The minimum absolute atomic E-state index is 0.0771. The highest BCUT2D eigenvalue weighted by atomic mass is 16.5. The smallest absolute Gasteiger partial charge is 0.254 e. The third-order valence-corrected chi connectivity index (χ3v) is 3.48. The van der Waals surface area contributed by atoms with Crippen LogP contribution >= 0.6 is 0 Å². The average Bonchev–Trinajstić information content (AvgIpc) is 2.41. The number of carbonyl (C=O) groups excluding carboxylic acids is 1. The van der Waals surface area contributed by atoms with E-state index < -0.39 is 0 Å². The van der Waals surface area contributed by atoms with Crippen molar-refractivity contribution in [3.05, 3.63) is 29.3 Å². The zero-order valence-corrected chi connectivity index (χ0v) is 11.0. The molecule has 1 aromatic carbocycles. The van der Waals surface area contributed by atoms with Crippen LogP contribution in [0.3, 0.4) is 0 Å². The molecule has 1 atom stereocenters. The Morgan fingerprint density at radius 2 is 2.33 bits per heavy atom. The second-order valence-electron chi connectivity index (χ2n) is 4.71. The Hall–Kier alpha value is -1.55. The van der Waals surface area contributed by atoms with Gasteiger partial charge in [0.1, 0.15) is 0 Å². The molecule has 0 aromatic heterocycles. The summed E-state index contributed by atoms with van der Waals surface area (Å²) in [7, 11) is 0. The van der Waals surface area contributed by atoms with Crippen molar-refractivity contribution < 1.29 is 9.53 Å². The van der Waals surface area contributed by atoms with Crippen LogP contribution in [0.25, 0.3) is 0 Å². The molecular formula is C14H20N2O2. The number of ether oxygens (including phenoxy) is 1. The second-order valence-corrected chi connectivity index (χ2v) is 4.71. The molecule has 18 heavy (non-hydrogen) atoms. The van der Waals surface area contributed by atoms with Crippen molar-refractivity contribution in [1.29, 1.82) is 0 Å². The highest BCUT2D eigenvalue weighted by Crippen LogP contribution is 2.18. The van der Waals surface area contributed by atoms with Gasteiger partial charge in [0.05, 0.1) is 19.3 Å². The maximum atomic E-state index is 12.5. The monoisotopic (exact) mass is 248 g/mol. The third kappa shape index (κ3) is 2.48. The molecule has 4 heteroatoms. The van der Waals surface area contributed by atoms with E-state index in [0.29, 0.717) is 25.3 Å². The number of aryl methyl sites for hydroxylation is 1. The van der Waals surface area contributed by atoms with Crippen molar-refractivity contribution in [1.82, 2.24) is 4.90 Å². The van der Waals surface area contributed by atoms with Crippen LogP contribution in [0, 0.1) is 6.92 Å². The SMILES string of the molecule is CCC1COCCN1C(=O)c1ccc(N)c(C)c1. The van der Waals surface area contributed by atoms with Crippen LogP contribution in [0.2, 0.25) is 0 Å². The summed E-state index contributed by atoms with van der Waals surface area (Å²) in [6.07, 6.45) is 0.916. The predicted molar refractivity (Wildman–Crippen MR) is 71.5 cm³/mol. The first-order chi connectivity index (χ1) is 8.63. The quantitative estimate of drug-likeness (QED) is 0.812. The van der Waals surface area contributed by atoms with E-state index in [-0.39, 0.29) is 11.9 Å². The van der Waals surface area contributed by atoms with Crippen molar-refractivity contribution in [3.8, 4) is 0 Å². The normalized spacial score (nSPS) is 19.9. The van der Waals surface area contributed by atoms with Crippen molar-refractivity contribution in [2.24, 2.45) is 0 Å². The van der Waals surface area contributed by atoms with Crippen molar-refractivity contribution in [2.45, 2.75) is 26.3 Å². The van der Waals surface area contributed by atoms with Gasteiger partial charge >= 0.3 is 0 Å². The molecule has 2 N–H and O–H groups in total. The van der Waals surface area contributed by atoms with Crippen LogP contribution in [0.15, 0.2) is 18.2 Å². The Labute approximate surface area is 108 Å². The summed E-state index contributed by atoms with van der Waals surface area (Å²) in [5.41, 5.74) is 8.16. The van der Waals surface area contributed by atoms with Gasteiger partial charge in [0.15, 0.2) is 0 Å². The zero-order chi connectivity index (χ0) is 13.1. The van der Waals surface area contributed by atoms with Gasteiger partial charge in [-0.15, -0.1) is 0 Å². The molecule has 2 rings (SSSR count). The lowest BCUT2D eigenvalue weighted by Crippen LogP contribution is -2.48. The first-order valence-corrected chi connectivity index (χ1v) is 6.38. The molecule has 1 fully saturated rings. The van der Waals surface area contributed by atoms with Gasteiger partial charge in [-0.05, 0) is 37.1 Å². The number of morpholine rings is 1. The lowest BCUT2D eigenvalue weighted by atomic mass is 10.1. The highest BCUT2D eigenvalue weighted by Gasteiger charge is 2.26. The highest BCUT2D eigenvalue weighted by molar-refractivity contribution is 5.95. The Morgan fingerprint density at radius 3 is 3.00 bits per heavy atom. The minimum atomic E-state index is 0.0771. The second kappa shape index (κ2) is 5.40. The van der Waals surface area contributed by atoms with Gasteiger partial charge < -0.3 is 15.4 Å². The van der Waals surface area contributed by atoms with E-state index in [9.17, 15) is 4.79 Å². The predicted octanol–water partition coefficient (Wildman–Crippen LogP) is 1.83. The molecule has 1 saturated heterocycles. The Bertz CT molecular complexity index is 445. The summed E-state index contributed by atoms with van der Waals surface area (Å²) in [5, 5.41) is 0. The topological polar surface area (TPSA) is 55.6 Å². The lowest BCUT2D eigenvalue weighted by molar-refractivity contribution is -0.00280. The third-order valence-electron chi connectivity index (χ3n) is 3.48. The minimum Gasteiger partial charge on any atom is -0.399 e. The summed E-state index contributed by atoms with van der Waals surface area (Å²) in [4.78, 5) is 14.4. The number of hydrogen-bond acceptors (Lipinski definition) is 3. The number of amides is 1. The van der Waals surface area contributed by atoms with Gasteiger partial charge in [0.2, 0.25) is 0 Å². The molecule has 1 unspecified atom stereocenters. The fraction of sp³-hybridized carbons (Fsp3) is 0.500. The number of hydrogen-bond donors (Lipinski definition) is 1. The lowest BCUT2D eigenvalue weighted by Gasteiger charge is -2.35. The van der Waals surface area contributed by atoms with Crippen LogP contribution in [-0.2, 0) is 4.74 Å². The van der Waals surface area contributed by atoms with E-state index in [1.54, 1.807) is 12.1 Å². The number of benzene rings is 1. The number of nitrogens with two attached hydrogens (primary N) is 1. The molecule has 0 radical (unpaired) electrons. The first kappa shape index (κ1) is 12.9. The summed E-state index contributed by atoms with van der Waals surface area (Å²) >= 11 is 0.